The molecule has 0 unspecified atom stereocenters. The molecule has 0 aromatic heterocycles. The second kappa shape index (κ2) is 11.4. The highest BCUT2D eigenvalue weighted by Gasteiger charge is 2.41. The molecule has 0 N–H and O–H groups in total. The van der Waals surface area contributed by atoms with Crippen molar-refractivity contribution in [3.05, 3.63) is 83.2 Å². The van der Waals surface area contributed by atoms with Crippen LogP contribution in [0.1, 0.15) is 56.2 Å². The molecule has 182 valence electrons. The molecule has 0 heterocycles. The SMILES string of the molecule is CCCCCc1ccc(-c2ccc(OC(F)(F)c3ccc(OCC)c(F)c3C(F)F)cc2)cc1. The highest BCUT2D eigenvalue weighted by Crippen LogP contribution is 2.41. The van der Waals surface area contributed by atoms with Gasteiger partial charge in [-0.05, 0) is 60.7 Å². The van der Waals surface area contributed by atoms with Gasteiger partial charge in [-0.2, -0.15) is 8.78 Å². The molecular weight excluding hydrogens is 451 g/mol. The van der Waals surface area contributed by atoms with Gasteiger partial charge in [-0.25, -0.2) is 13.2 Å². The Morgan fingerprint density at radius 1 is 0.824 bits per heavy atom. The van der Waals surface area contributed by atoms with Gasteiger partial charge in [0.25, 0.3) is 6.43 Å². The van der Waals surface area contributed by atoms with Crippen molar-refractivity contribution in [2.45, 2.75) is 52.1 Å². The minimum Gasteiger partial charge on any atom is -0.491 e. The van der Waals surface area contributed by atoms with Gasteiger partial charge in [0.2, 0.25) is 0 Å². The predicted octanol–water partition coefficient (Wildman–Crippen LogP) is 8.69. The lowest BCUT2D eigenvalue weighted by Gasteiger charge is -2.22. The number of ether oxygens (including phenoxy) is 2. The lowest BCUT2D eigenvalue weighted by molar-refractivity contribution is -0.187. The summed E-state index contributed by atoms with van der Waals surface area (Å²) in [6, 6.07) is 15.4. The first kappa shape index (κ1) is 25.5. The van der Waals surface area contributed by atoms with Crippen molar-refractivity contribution >= 4 is 0 Å². The van der Waals surface area contributed by atoms with Gasteiger partial charge in [0.1, 0.15) is 5.75 Å². The largest absolute Gasteiger partial charge is 0.491 e. The Labute approximate surface area is 196 Å². The molecule has 0 atom stereocenters. The molecule has 3 rings (SSSR count). The highest BCUT2D eigenvalue weighted by molar-refractivity contribution is 5.64. The molecule has 3 aromatic carbocycles. The van der Waals surface area contributed by atoms with Crippen LogP contribution in [0.15, 0.2) is 60.7 Å². The number of alkyl halides is 4. The average Bonchev–Trinajstić information content (AvgIpc) is 2.81. The second-order valence-corrected chi connectivity index (χ2v) is 7.87. The third-order valence-electron chi connectivity index (χ3n) is 5.43. The summed E-state index contributed by atoms with van der Waals surface area (Å²) in [6.45, 7) is 3.68. The third kappa shape index (κ3) is 6.07. The van der Waals surface area contributed by atoms with Gasteiger partial charge in [-0.1, -0.05) is 56.2 Å². The zero-order valence-corrected chi connectivity index (χ0v) is 19.1. The van der Waals surface area contributed by atoms with Gasteiger partial charge in [0.15, 0.2) is 11.6 Å². The van der Waals surface area contributed by atoms with E-state index in [1.807, 2.05) is 24.3 Å². The first-order valence-corrected chi connectivity index (χ1v) is 11.3. The molecule has 0 aliphatic heterocycles. The fraction of sp³-hybridized carbons (Fsp3) is 0.333. The molecule has 0 radical (unpaired) electrons. The monoisotopic (exact) mass is 478 g/mol. The van der Waals surface area contributed by atoms with Gasteiger partial charge in [0.05, 0.1) is 17.7 Å². The highest BCUT2D eigenvalue weighted by atomic mass is 19.3. The average molecular weight is 479 g/mol. The van der Waals surface area contributed by atoms with E-state index in [0.717, 1.165) is 36.5 Å². The fourth-order valence-electron chi connectivity index (χ4n) is 3.67. The summed E-state index contributed by atoms with van der Waals surface area (Å²) in [4.78, 5) is 0. The molecule has 0 aliphatic carbocycles. The Kier molecular flexibility index (Phi) is 8.53. The maximum atomic E-state index is 14.8. The molecule has 34 heavy (non-hydrogen) atoms. The van der Waals surface area contributed by atoms with Gasteiger partial charge in [-0.15, -0.1) is 0 Å². The van der Waals surface area contributed by atoms with E-state index in [9.17, 15) is 22.0 Å². The standard InChI is InChI=1S/C27H27F5O2/c1-3-5-6-7-18-8-10-19(11-9-18)20-12-14-21(15-13-20)34-27(31,32)22-16-17-23(33-4-2)25(28)24(22)26(29)30/h8-17,26H,3-7H2,1-2H3. The van der Waals surface area contributed by atoms with Crippen LogP contribution < -0.4 is 9.47 Å². The second-order valence-electron chi connectivity index (χ2n) is 7.87. The summed E-state index contributed by atoms with van der Waals surface area (Å²) >= 11 is 0. The normalized spacial score (nSPS) is 11.6. The smallest absolute Gasteiger partial charge is 0.427 e. The van der Waals surface area contributed by atoms with Gasteiger partial charge >= 0.3 is 6.11 Å². The van der Waals surface area contributed by atoms with E-state index >= 15 is 0 Å². The zero-order chi connectivity index (χ0) is 24.7. The van der Waals surface area contributed by atoms with E-state index in [4.69, 9.17) is 9.47 Å². The number of halogens is 5. The van der Waals surface area contributed by atoms with Crippen molar-refractivity contribution in [3.8, 4) is 22.6 Å². The van der Waals surface area contributed by atoms with Gasteiger partial charge in [0, 0.05) is 0 Å². The topological polar surface area (TPSA) is 18.5 Å². The molecule has 2 nitrogen and oxygen atoms in total. The summed E-state index contributed by atoms with van der Waals surface area (Å²) in [5.41, 5.74) is 0.245. The van der Waals surface area contributed by atoms with Crippen LogP contribution in [0.2, 0.25) is 0 Å². The molecule has 0 aliphatic rings. The van der Waals surface area contributed by atoms with E-state index in [-0.39, 0.29) is 12.4 Å². The van der Waals surface area contributed by atoms with Crippen LogP contribution in [0.25, 0.3) is 11.1 Å². The predicted molar refractivity (Wildman–Crippen MR) is 122 cm³/mol. The first-order valence-electron chi connectivity index (χ1n) is 11.3. The van der Waals surface area contributed by atoms with E-state index in [1.54, 1.807) is 12.1 Å². The van der Waals surface area contributed by atoms with Crippen LogP contribution in [0.4, 0.5) is 22.0 Å². The Morgan fingerprint density at radius 2 is 1.44 bits per heavy atom. The van der Waals surface area contributed by atoms with Crippen LogP contribution in [0.5, 0.6) is 11.5 Å². The molecule has 0 fully saturated rings. The molecule has 0 bridgehead atoms. The van der Waals surface area contributed by atoms with Crippen molar-refractivity contribution < 1.29 is 31.4 Å². The quantitative estimate of drug-likeness (QED) is 0.203. The zero-order valence-electron chi connectivity index (χ0n) is 19.1. The van der Waals surface area contributed by atoms with Crippen LogP contribution in [0, 0.1) is 5.82 Å². The van der Waals surface area contributed by atoms with Crippen LogP contribution >= 0.6 is 0 Å². The van der Waals surface area contributed by atoms with Gasteiger partial charge in [-0.3, -0.25) is 0 Å². The lowest BCUT2D eigenvalue weighted by Crippen LogP contribution is -2.24. The summed E-state index contributed by atoms with van der Waals surface area (Å²) in [5.74, 6) is -2.27. The van der Waals surface area contributed by atoms with E-state index < -0.39 is 35.2 Å². The van der Waals surface area contributed by atoms with Crippen molar-refractivity contribution in [2.24, 2.45) is 0 Å². The third-order valence-corrected chi connectivity index (χ3v) is 5.43. The summed E-state index contributed by atoms with van der Waals surface area (Å²) < 4.78 is 80.5. The number of unbranched alkanes of at least 4 members (excludes halogenated alkanes) is 2. The first-order chi connectivity index (χ1) is 16.3. The van der Waals surface area contributed by atoms with E-state index in [0.29, 0.717) is 6.07 Å². The minimum absolute atomic E-state index is 0.000228. The Hall–Kier alpha value is -3.09. The molecule has 0 saturated carbocycles. The van der Waals surface area contributed by atoms with Crippen molar-refractivity contribution in [2.75, 3.05) is 6.61 Å². The molecule has 0 spiro atoms. The van der Waals surface area contributed by atoms with Gasteiger partial charge < -0.3 is 9.47 Å². The number of rotatable bonds is 11. The lowest BCUT2D eigenvalue weighted by atomic mass is 10.0. The molecular formula is C27H27F5O2. The fourth-order valence-corrected chi connectivity index (χ4v) is 3.67. The molecule has 0 saturated heterocycles. The molecule has 0 amide bonds. The van der Waals surface area contributed by atoms with Crippen LogP contribution in [0.3, 0.4) is 0 Å². The Balaban J connectivity index is 1.78. The maximum Gasteiger partial charge on any atom is 0.427 e. The minimum atomic E-state index is -4.18. The number of hydrogen-bond acceptors (Lipinski definition) is 2. The number of hydrogen-bond donors (Lipinski definition) is 0. The van der Waals surface area contributed by atoms with Crippen molar-refractivity contribution in [3.63, 3.8) is 0 Å². The van der Waals surface area contributed by atoms with E-state index in [2.05, 4.69) is 6.92 Å². The van der Waals surface area contributed by atoms with E-state index in [1.165, 1.54) is 31.0 Å². The maximum absolute atomic E-state index is 14.8. The van der Waals surface area contributed by atoms with Crippen LogP contribution in [-0.4, -0.2) is 6.61 Å². The molecule has 7 heteroatoms. The molecule has 3 aromatic rings. The summed E-state index contributed by atoms with van der Waals surface area (Å²) in [6.07, 6.45) is -3.20. The summed E-state index contributed by atoms with van der Waals surface area (Å²) in [5, 5.41) is 0. The number of benzene rings is 3. The Morgan fingerprint density at radius 3 is 2.00 bits per heavy atom. The number of aryl methyl sites for hydroxylation is 1. The van der Waals surface area contributed by atoms with Crippen LogP contribution in [-0.2, 0) is 12.5 Å². The van der Waals surface area contributed by atoms with Crippen molar-refractivity contribution in [1.82, 2.24) is 0 Å². The van der Waals surface area contributed by atoms with Crippen molar-refractivity contribution in [1.29, 1.82) is 0 Å². The summed E-state index contributed by atoms with van der Waals surface area (Å²) in [7, 11) is 0. The Bertz CT molecular complexity index is 1060.